The van der Waals surface area contributed by atoms with E-state index in [0.29, 0.717) is 6.61 Å². The summed E-state index contributed by atoms with van der Waals surface area (Å²) in [5.74, 6) is -0.474. The predicted molar refractivity (Wildman–Crippen MR) is 70.2 cm³/mol. The number of rotatable bonds is 3. The first-order chi connectivity index (χ1) is 8.48. The lowest BCUT2D eigenvalue weighted by Crippen LogP contribution is -2.25. The molecular formula is C15H21NO2. The average Bonchev–Trinajstić information content (AvgIpc) is 2.91. The van der Waals surface area contributed by atoms with Crippen molar-refractivity contribution in [3.8, 4) is 0 Å². The van der Waals surface area contributed by atoms with Gasteiger partial charge in [0.05, 0.1) is 6.61 Å². The maximum Gasteiger partial charge on any atom is 0.163 e. The summed E-state index contributed by atoms with van der Waals surface area (Å²) in [7, 11) is 0. The lowest BCUT2D eigenvalue weighted by molar-refractivity contribution is -0.139. The smallest absolute Gasteiger partial charge is 0.163 e. The van der Waals surface area contributed by atoms with Crippen LogP contribution in [0.25, 0.3) is 0 Å². The summed E-state index contributed by atoms with van der Waals surface area (Å²) in [5, 5.41) is 0. The molecule has 1 heterocycles. The zero-order valence-electron chi connectivity index (χ0n) is 11.1. The number of hydrogen-bond acceptors (Lipinski definition) is 3. The summed E-state index contributed by atoms with van der Waals surface area (Å²) >= 11 is 0. The normalized spacial score (nSPS) is 28.3. The van der Waals surface area contributed by atoms with Gasteiger partial charge in [0.2, 0.25) is 0 Å². The topological polar surface area (TPSA) is 44.5 Å². The highest BCUT2D eigenvalue weighted by Gasteiger charge is 2.40. The van der Waals surface area contributed by atoms with E-state index in [1.54, 1.807) is 0 Å². The molecule has 1 aliphatic heterocycles. The van der Waals surface area contributed by atoms with Crippen molar-refractivity contribution in [2.24, 2.45) is 5.73 Å². The average molecular weight is 247 g/mol. The Morgan fingerprint density at radius 2 is 2.00 bits per heavy atom. The Bertz CT molecular complexity index is 452. The number of benzene rings is 1. The first kappa shape index (κ1) is 12.2. The molecule has 3 rings (SSSR count). The van der Waals surface area contributed by atoms with E-state index in [1.165, 1.54) is 11.1 Å². The molecule has 1 aromatic rings. The molecule has 2 fully saturated rings. The van der Waals surface area contributed by atoms with Crippen LogP contribution < -0.4 is 5.73 Å². The fourth-order valence-corrected chi connectivity index (χ4v) is 2.57. The summed E-state index contributed by atoms with van der Waals surface area (Å²) in [6.07, 6.45) is 3.26. The van der Waals surface area contributed by atoms with E-state index in [0.717, 1.165) is 19.3 Å². The highest BCUT2D eigenvalue weighted by molar-refractivity contribution is 5.32. The van der Waals surface area contributed by atoms with Gasteiger partial charge in [0.15, 0.2) is 5.79 Å². The molecule has 0 amide bonds. The Balaban J connectivity index is 1.83. The molecule has 3 heteroatoms. The van der Waals surface area contributed by atoms with Gasteiger partial charge in [-0.15, -0.1) is 0 Å². The predicted octanol–water partition coefficient (Wildman–Crippen LogP) is 2.54. The molecule has 1 saturated carbocycles. The van der Waals surface area contributed by atoms with E-state index in [4.69, 9.17) is 15.2 Å². The molecule has 0 radical (unpaired) electrons. The summed E-state index contributed by atoms with van der Waals surface area (Å²) < 4.78 is 11.6. The molecule has 1 aliphatic carbocycles. The maximum absolute atomic E-state index is 6.23. The molecule has 3 nitrogen and oxygen atoms in total. The molecule has 2 N–H and O–H groups in total. The fraction of sp³-hybridized carbons (Fsp3) is 0.600. The van der Waals surface area contributed by atoms with Gasteiger partial charge < -0.3 is 15.2 Å². The number of hydrogen-bond donors (Lipinski definition) is 1. The lowest BCUT2D eigenvalue weighted by Gasteiger charge is -2.20. The van der Waals surface area contributed by atoms with Gasteiger partial charge in [0.25, 0.3) is 0 Å². The third-order valence-corrected chi connectivity index (χ3v) is 3.85. The molecular weight excluding hydrogens is 226 g/mol. The monoisotopic (exact) mass is 247 g/mol. The van der Waals surface area contributed by atoms with Gasteiger partial charge >= 0.3 is 0 Å². The Labute approximate surface area is 108 Å². The second-order valence-electron chi connectivity index (χ2n) is 6.06. The van der Waals surface area contributed by atoms with Crippen molar-refractivity contribution in [3.05, 3.63) is 35.4 Å². The highest BCUT2D eigenvalue weighted by Crippen LogP contribution is 2.39. The van der Waals surface area contributed by atoms with E-state index in [-0.39, 0.29) is 11.6 Å². The third kappa shape index (κ3) is 2.44. The molecule has 1 saturated heterocycles. The van der Waals surface area contributed by atoms with Crippen LogP contribution in [0.2, 0.25) is 0 Å². The molecule has 0 spiro atoms. The second kappa shape index (κ2) is 4.05. The van der Waals surface area contributed by atoms with Crippen LogP contribution in [-0.2, 0) is 15.9 Å². The number of nitrogens with two attached hydrogens (primary N) is 1. The minimum Gasteiger partial charge on any atom is -0.347 e. The van der Waals surface area contributed by atoms with Crippen molar-refractivity contribution in [3.63, 3.8) is 0 Å². The van der Waals surface area contributed by atoms with Gasteiger partial charge in [-0.1, -0.05) is 24.3 Å². The Morgan fingerprint density at radius 1 is 1.28 bits per heavy atom. The fourth-order valence-electron chi connectivity index (χ4n) is 2.57. The molecule has 1 atom stereocenters. The molecule has 0 bridgehead atoms. The minimum atomic E-state index is -0.474. The molecule has 1 aromatic carbocycles. The van der Waals surface area contributed by atoms with Crippen LogP contribution >= 0.6 is 0 Å². The summed E-state index contributed by atoms with van der Waals surface area (Å²) in [6.45, 7) is 4.55. The number of ether oxygens (including phenoxy) is 2. The molecule has 18 heavy (non-hydrogen) atoms. The molecule has 2 aliphatic rings. The van der Waals surface area contributed by atoms with Gasteiger partial charge in [0, 0.05) is 5.54 Å². The Hall–Kier alpha value is -0.900. The van der Waals surface area contributed by atoms with Crippen LogP contribution in [-0.4, -0.2) is 17.9 Å². The Kier molecular flexibility index (Phi) is 2.73. The zero-order valence-corrected chi connectivity index (χ0v) is 11.1. The van der Waals surface area contributed by atoms with E-state index in [2.05, 4.69) is 24.3 Å². The van der Waals surface area contributed by atoms with Crippen LogP contribution in [0.3, 0.4) is 0 Å². The largest absolute Gasteiger partial charge is 0.347 e. The van der Waals surface area contributed by atoms with Gasteiger partial charge in [-0.3, -0.25) is 0 Å². The van der Waals surface area contributed by atoms with Crippen LogP contribution in [0, 0.1) is 0 Å². The lowest BCUT2D eigenvalue weighted by atomic mass is 9.96. The zero-order chi connectivity index (χ0) is 12.8. The van der Waals surface area contributed by atoms with Crippen LogP contribution in [0.15, 0.2) is 24.3 Å². The summed E-state index contributed by atoms with van der Waals surface area (Å²) in [4.78, 5) is 0. The minimum absolute atomic E-state index is 0.0328. The Morgan fingerprint density at radius 3 is 2.61 bits per heavy atom. The van der Waals surface area contributed by atoms with E-state index < -0.39 is 5.79 Å². The van der Waals surface area contributed by atoms with Crippen molar-refractivity contribution in [2.75, 3.05) is 6.61 Å². The SMILES string of the molecule is CC1(C)OCC(c2ccccc2CC2(N)CC2)O1. The van der Waals surface area contributed by atoms with Crippen LogP contribution in [0.4, 0.5) is 0 Å². The standard InChI is InChI=1S/C15H21NO2/c1-14(2)17-10-13(18-14)12-6-4-3-5-11(12)9-15(16)7-8-15/h3-6,13H,7-10,16H2,1-2H3. The van der Waals surface area contributed by atoms with Gasteiger partial charge in [-0.2, -0.15) is 0 Å². The molecule has 98 valence electrons. The van der Waals surface area contributed by atoms with Crippen LogP contribution in [0.1, 0.15) is 43.9 Å². The maximum atomic E-state index is 6.23. The van der Waals surface area contributed by atoms with Crippen molar-refractivity contribution >= 4 is 0 Å². The quantitative estimate of drug-likeness (QED) is 0.892. The summed E-state index contributed by atoms with van der Waals surface area (Å²) in [5.41, 5.74) is 8.81. The van der Waals surface area contributed by atoms with Crippen molar-refractivity contribution in [2.45, 2.75) is 50.5 Å². The van der Waals surface area contributed by atoms with Gasteiger partial charge in [-0.05, 0) is 44.2 Å². The second-order valence-corrected chi connectivity index (χ2v) is 6.06. The molecule has 0 aromatic heterocycles. The molecule has 1 unspecified atom stereocenters. The van der Waals surface area contributed by atoms with Crippen LogP contribution in [0.5, 0.6) is 0 Å². The van der Waals surface area contributed by atoms with Crippen molar-refractivity contribution in [1.29, 1.82) is 0 Å². The van der Waals surface area contributed by atoms with Crippen molar-refractivity contribution in [1.82, 2.24) is 0 Å². The van der Waals surface area contributed by atoms with Gasteiger partial charge in [0.1, 0.15) is 6.10 Å². The van der Waals surface area contributed by atoms with Crippen molar-refractivity contribution < 1.29 is 9.47 Å². The van der Waals surface area contributed by atoms with Gasteiger partial charge in [-0.25, -0.2) is 0 Å². The van der Waals surface area contributed by atoms with E-state index in [1.807, 2.05) is 13.8 Å². The first-order valence-electron chi connectivity index (χ1n) is 6.66. The first-order valence-corrected chi connectivity index (χ1v) is 6.66. The van der Waals surface area contributed by atoms with E-state index in [9.17, 15) is 0 Å². The van der Waals surface area contributed by atoms with E-state index >= 15 is 0 Å². The third-order valence-electron chi connectivity index (χ3n) is 3.85. The highest BCUT2D eigenvalue weighted by atomic mass is 16.7. The summed E-state index contributed by atoms with van der Waals surface area (Å²) in [6, 6.07) is 8.43.